The fourth-order valence-electron chi connectivity index (χ4n) is 3.14. The van der Waals surface area contributed by atoms with Gasteiger partial charge in [-0.25, -0.2) is 19.4 Å². The maximum Gasteiger partial charge on any atom is 0.348 e. The Labute approximate surface area is 250 Å². The largest absolute Gasteiger partial charge is 0.500 e. The number of hydrogen-bond donors (Lipinski definition) is 1. The second-order valence-electron chi connectivity index (χ2n) is 8.50. The van der Waals surface area contributed by atoms with E-state index >= 15 is 0 Å². The van der Waals surface area contributed by atoms with E-state index in [0.717, 1.165) is 11.8 Å². The minimum absolute atomic E-state index is 0.0518. The third-order valence-corrected chi connectivity index (χ3v) is 5.37. The molecule has 12 nitrogen and oxygen atoms in total. The van der Waals surface area contributed by atoms with E-state index in [9.17, 15) is 19.2 Å². The van der Waals surface area contributed by atoms with Crippen molar-refractivity contribution in [1.29, 1.82) is 0 Å². The molecule has 0 amide bonds. The molecule has 0 bridgehead atoms. The molecular formula is C31H38N4O8. The van der Waals surface area contributed by atoms with Crippen molar-refractivity contribution in [2.45, 2.75) is 33.9 Å². The minimum atomic E-state index is -0.778. The second kappa shape index (κ2) is 19.8. The highest BCUT2D eigenvalue weighted by Gasteiger charge is 2.20. The fourth-order valence-corrected chi connectivity index (χ4v) is 3.14. The lowest BCUT2D eigenvalue weighted by Gasteiger charge is -2.10. The number of ether oxygens (including phenoxy) is 4. The first-order valence-corrected chi connectivity index (χ1v) is 13.1. The number of rotatable bonds is 9. The van der Waals surface area contributed by atoms with Crippen molar-refractivity contribution in [3.05, 3.63) is 112 Å². The molecule has 1 heterocycles. The lowest BCUT2D eigenvalue weighted by molar-refractivity contribution is -0.144. The van der Waals surface area contributed by atoms with Crippen molar-refractivity contribution in [3.8, 4) is 0 Å². The molecule has 43 heavy (non-hydrogen) atoms. The lowest BCUT2D eigenvalue weighted by atomic mass is 10.2. The van der Waals surface area contributed by atoms with Crippen LogP contribution in [-0.4, -0.2) is 61.2 Å². The molecule has 2 N–H and O–H groups in total. The highest BCUT2D eigenvalue weighted by molar-refractivity contribution is 6.13. The van der Waals surface area contributed by atoms with Crippen molar-refractivity contribution in [2.75, 3.05) is 27.9 Å². The van der Waals surface area contributed by atoms with E-state index in [0.29, 0.717) is 31.4 Å². The molecule has 0 aliphatic heterocycles. The summed E-state index contributed by atoms with van der Waals surface area (Å²) >= 11 is 0. The zero-order valence-electron chi connectivity index (χ0n) is 25.2. The molecular weight excluding hydrogens is 556 g/mol. The number of nitrogens with zero attached hydrogens (tertiary/aromatic N) is 3. The van der Waals surface area contributed by atoms with Crippen molar-refractivity contribution < 1.29 is 33.3 Å². The first-order valence-electron chi connectivity index (χ1n) is 13.1. The fraction of sp³-hybridized carbons (Fsp3) is 0.290. The Balaban J connectivity index is 0.000000339. The summed E-state index contributed by atoms with van der Waals surface area (Å²) in [6.07, 6.45) is 2.28. The van der Waals surface area contributed by atoms with Crippen LogP contribution in [0, 0.1) is 6.92 Å². The summed E-state index contributed by atoms with van der Waals surface area (Å²) in [5.74, 6) is -1.03. The Kier molecular flexibility index (Phi) is 16.4. The zero-order valence-corrected chi connectivity index (χ0v) is 25.2. The standard InChI is InChI=1S/C14H14N2O3.C9H12N2.C8H12O5/c1-10-15-8-12(14(18)19-2)13(17)16(10)9-11-6-4-3-5-7-11;1-8(10)11-7-9-5-3-2-4-6-9;1-4-13-5-6(7(9)11-2)8(10)12-3/h3-8H,9H2,1-2H3;2-6H,7H2,1H3,(H2,10,11);5H,4H2,1-3H3. The second-order valence-corrected chi connectivity index (χ2v) is 8.50. The molecule has 0 unspecified atom stereocenters. The van der Waals surface area contributed by atoms with Crippen molar-refractivity contribution >= 4 is 23.7 Å². The molecule has 3 rings (SSSR count). The number of aryl methyl sites for hydroxylation is 1. The van der Waals surface area contributed by atoms with E-state index in [2.05, 4.69) is 24.2 Å². The van der Waals surface area contributed by atoms with E-state index in [1.807, 2.05) is 60.7 Å². The molecule has 2 aromatic carbocycles. The van der Waals surface area contributed by atoms with Gasteiger partial charge in [-0.05, 0) is 31.9 Å². The van der Waals surface area contributed by atoms with Crippen LogP contribution < -0.4 is 11.3 Å². The van der Waals surface area contributed by atoms with Crippen LogP contribution >= 0.6 is 0 Å². The Bertz CT molecular complexity index is 1410. The van der Waals surface area contributed by atoms with E-state index < -0.39 is 17.9 Å². The monoisotopic (exact) mass is 594 g/mol. The Morgan fingerprint density at radius 1 is 0.907 bits per heavy atom. The van der Waals surface area contributed by atoms with Crippen molar-refractivity contribution in [1.82, 2.24) is 9.55 Å². The first kappa shape index (κ1) is 35.8. The predicted molar refractivity (Wildman–Crippen MR) is 161 cm³/mol. The van der Waals surface area contributed by atoms with Crippen LogP contribution in [0.2, 0.25) is 0 Å². The summed E-state index contributed by atoms with van der Waals surface area (Å²) in [6.45, 7) is 6.67. The van der Waals surface area contributed by atoms with Gasteiger partial charge in [0.05, 0.1) is 46.9 Å². The Morgan fingerprint density at radius 3 is 1.91 bits per heavy atom. The minimum Gasteiger partial charge on any atom is -0.500 e. The molecule has 0 spiro atoms. The van der Waals surface area contributed by atoms with Gasteiger partial charge in [0.15, 0.2) is 5.57 Å². The zero-order chi connectivity index (χ0) is 32.2. The highest BCUT2D eigenvalue weighted by Crippen LogP contribution is 2.04. The van der Waals surface area contributed by atoms with Crippen LogP contribution in [0.3, 0.4) is 0 Å². The lowest BCUT2D eigenvalue weighted by Crippen LogP contribution is -2.29. The van der Waals surface area contributed by atoms with Gasteiger partial charge < -0.3 is 24.7 Å². The summed E-state index contributed by atoms with van der Waals surface area (Å²) in [7, 11) is 3.58. The number of aromatic nitrogens is 2. The number of amidine groups is 1. The maximum atomic E-state index is 12.2. The molecule has 230 valence electrons. The summed E-state index contributed by atoms with van der Waals surface area (Å²) in [6, 6.07) is 19.6. The molecule has 0 atom stereocenters. The predicted octanol–water partition coefficient (Wildman–Crippen LogP) is 3.20. The number of carbonyl (C=O) groups excluding carboxylic acids is 3. The van der Waals surface area contributed by atoms with E-state index in [1.54, 1.807) is 20.8 Å². The topological polar surface area (TPSA) is 161 Å². The molecule has 0 aliphatic rings. The van der Waals surface area contributed by atoms with Crippen LogP contribution in [0.1, 0.15) is 41.2 Å². The maximum absolute atomic E-state index is 12.2. The molecule has 0 saturated heterocycles. The van der Waals surface area contributed by atoms with E-state index in [4.69, 9.17) is 10.5 Å². The summed E-state index contributed by atoms with van der Waals surface area (Å²) < 4.78 is 19.5. The SMILES string of the molecule is CC(N)=NCc1ccccc1.CCOC=C(C(=O)OC)C(=O)OC.COC(=O)c1cnc(C)n(Cc2ccccc2)c1=O. The molecule has 0 saturated carbocycles. The average Bonchev–Trinajstić information content (AvgIpc) is 3.03. The van der Waals surface area contributed by atoms with Gasteiger partial charge in [-0.1, -0.05) is 60.7 Å². The number of methoxy groups -OCH3 is 3. The smallest absolute Gasteiger partial charge is 0.348 e. The van der Waals surface area contributed by atoms with Crippen LogP contribution in [0.15, 0.2) is 88.5 Å². The van der Waals surface area contributed by atoms with Crippen LogP contribution in [0.5, 0.6) is 0 Å². The number of benzene rings is 2. The number of esters is 3. The number of carbonyl (C=O) groups is 3. The molecule has 0 fully saturated rings. The van der Waals surface area contributed by atoms with Gasteiger partial charge in [0, 0.05) is 6.20 Å². The summed E-state index contributed by atoms with van der Waals surface area (Å²) in [5, 5.41) is 0. The van der Waals surface area contributed by atoms with E-state index in [1.165, 1.54) is 37.7 Å². The number of hydrogen-bond acceptors (Lipinski definition) is 10. The van der Waals surface area contributed by atoms with Gasteiger partial charge in [0.1, 0.15) is 17.6 Å². The van der Waals surface area contributed by atoms with Gasteiger partial charge in [-0.3, -0.25) is 14.4 Å². The highest BCUT2D eigenvalue weighted by atomic mass is 16.5. The van der Waals surface area contributed by atoms with Gasteiger partial charge >= 0.3 is 17.9 Å². The third-order valence-electron chi connectivity index (χ3n) is 5.37. The summed E-state index contributed by atoms with van der Waals surface area (Å²) in [4.78, 5) is 53.7. The van der Waals surface area contributed by atoms with Gasteiger partial charge in [0.25, 0.3) is 5.56 Å². The van der Waals surface area contributed by atoms with Gasteiger partial charge in [-0.2, -0.15) is 0 Å². The molecule has 0 radical (unpaired) electrons. The van der Waals surface area contributed by atoms with Gasteiger partial charge in [0.2, 0.25) is 0 Å². The Morgan fingerprint density at radius 2 is 1.44 bits per heavy atom. The quantitative estimate of drug-likeness (QED) is 0.0569. The van der Waals surface area contributed by atoms with Crippen LogP contribution in [-0.2, 0) is 41.6 Å². The molecule has 12 heteroatoms. The van der Waals surface area contributed by atoms with Crippen LogP contribution in [0.4, 0.5) is 0 Å². The van der Waals surface area contributed by atoms with Gasteiger partial charge in [-0.15, -0.1) is 0 Å². The first-order chi connectivity index (χ1) is 20.6. The van der Waals surface area contributed by atoms with Crippen molar-refractivity contribution in [3.63, 3.8) is 0 Å². The average molecular weight is 595 g/mol. The normalized spacial score (nSPS) is 10.0. The number of nitrogens with two attached hydrogens (primary N) is 1. The molecule has 1 aromatic heterocycles. The Hall–Kier alpha value is -5.26. The third kappa shape index (κ3) is 12.9. The van der Waals surface area contributed by atoms with Crippen LogP contribution in [0.25, 0.3) is 0 Å². The van der Waals surface area contributed by atoms with E-state index in [-0.39, 0.29) is 16.7 Å². The summed E-state index contributed by atoms with van der Waals surface area (Å²) in [5.41, 5.74) is 6.86. The molecule has 3 aromatic rings. The van der Waals surface area contributed by atoms with Crippen molar-refractivity contribution in [2.24, 2.45) is 10.7 Å². The molecule has 0 aliphatic carbocycles. The number of aliphatic imine (C=N–C) groups is 1.